The van der Waals surface area contributed by atoms with Crippen molar-refractivity contribution in [2.75, 3.05) is 19.7 Å². The molecule has 1 atom stereocenters. The van der Waals surface area contributed by atoms with Crippen LogP contribution in [0.3, 0.4) is 0 Å². The molecule has 0 aliphatic carbocycles. The van der Waals surface area contributed by atoms with E-state index in [4.69, 9.17) is 9.72 Å². The Balaban J connectivity index is 0.00000169. The second-order valence-corrected chi connectivity index (χ2v) is 7.85. The Hall–Kier alpha value is -0.950. The molecule has 1 spiro atoms. The standard InChI is InChI=1S/C17H24N4OS.ClH/c1-12(2)14-11-23-16(20-14)15-19-7-8-21(15)13-9-17(22-10-13)3-5-18-6-4-17;/h7-8,11-13,18H,3-6,9-10H2,1-2H3;1H. The molecule has 132 valence electrons. The number of aromatic nitrogens is 3. The van der Waals surface area contributed by atoms with Gasteiger partial charge in [0.25, 0.3) is 0 Å². The van der Waals surface area contributed by atoms with Crippen molar-refractivity contribution in [3.63, 3.8) is 0 Å². The normalized spacial score (nSPS) is 22.9. The lowest BCUT2D eigenvalue weighted by Gasteiger charge is -2.32. The molecule has 1 N–H and O–H groups in total. The van der Waals surface area contributed by atoms with Gasteiger partial charge in [-0.05, 0) is 38.3 Å². The summed E-state index contributed by atoms with van der Waals surface area (Å²) >= 11 is 1.69. The molecule has 2 aliphatic rings. The van der Waals surface area contributed by atoms with E-state index >= 15 is 0 Å². The number of thiazole rings is 1. The van der Waals surface area contributed by atoms with Gasteiger partial charge in [0.15, 0.2) is 10.8 Å². The Kier molecular flexibility index (Phi) is 5.30. The maximum absolute atomic E-state index is 6.25. The van der Waals surface area contributed by atoms with Gasteiger partial charge in [-0.1, -0.05) is 13.8 Å². The Bertz CT molecular complexity index is 678. The molecule has 0 radical (unpaired) electrons. The smallest absolute Gasteiger partial charge is 0.169 e. The topological polar surface area (TPSA) is 52.0 Å². The minimum Gasteiger partial charge on any atom is -0.373 e. The molecule has 0 amide bonds. The number of nitrogens with one attached hydrogen (secondary N) is 1. The van der Waals surface area contributed by atoms with Crippen molar-refractivity contribution in [3.05, 3.63) is 23.5 Å². The van der Waals surface area contributed by atoms with Gasteiger partial charge in [0.05, 0.1) is 23.9 Å². The zero-order valence-electron chi connectivity index (χ0n) is 14.2. The van der Waals surface area contributed by atoms with E-state index in [1.807, 2.05) is 6.20 Å². The summed E-state index contributed by atoms with van der Waals surface area (Å²) in [6.07, 6.45) is 7.28. The molecule has 4 heterocycles. The number of hydrogen-bond acceptors (Lipinski definition) is 5. The molecule has 0 aromatic carbocycles. The van der Waals surface area contributed by atoms with E-state index in [0.717, 1.165) is 55.5 Å². The van der Waals surface area contributed by atoms with Crippen LogP contribution in [0.25, 0.3) is 10.8 Å². The van der Waals surface area contributed by atoms with Crippen LogP contribution in [-0.4, -0.2) is 39.8 Å². The molecule has 1 unspecified atom stereocenters. The van der Waals surface area contributed by atoms with Gasteiger partial charge in [-0.25, -0.2) is 9.97 Å². The molecule has 7 heteroatoms. The van der Waals surface area contributed by atoms with E-state index in [1.54, 1.807) is 11.3 Å². The van der Waals surface area contributed by atoms with Crippen LogP contribution in [-0.2, 0) is 4.74 Å². The summed E-state index contributed by atoms with van der Waals surface area (Å²) in [5.74, 6) is 1.44. The highest BCUT2D eigenvalue weighted by Crippen LogP contribution is 2.40. The van der Waals surface area contributed by atoms with E-state index in [0.29, 0.717) is 12.0 Å². The van der Waals surface area contributed by atoms with Crippen LogP contribution in [0, 0.1) is 0 Å². The summed E-state index contributed by atoms with van der Waals surface area (Å²) < 4.78 is 8.52. The number of rotatable bonds is 3. The zero-order valence-corrected chi connectivity index (χ0v) is 15.8. The predicted octanol–water partition coefficient (Wildman–Crippen LogP) is 3.64. The lowest BCUT2D eigenvalue weighted by atomic mass is 9.88. The Morgan fingerprint density at radius 1 is 1.38 bits per heavy atom. The molecular weight excluding hydrogens is 344 g/mol. The van der Waals surface area contributed by atoms with Crippen molar-refractivity contribution in [3.8, 4) is 10.8 Å². The van der Waals surface area contributed by atoms with Crippen molar-refractivity contribution in [2.45, 2.75) is 50.7 Å². The molecule has 2 fully saturated rings. The highest BCUT2D eigenvalue weighted by Gasteiger charge is 2.42. The van der Waals surface area contributed by atoms with Crippen LogP contribution in [0.2, 0.25) is 0 Å². The monoisotopic (exact) mass is 368 g/mol. The molecule has 4 rings (SSSR count). The van der Waals surface area contributed by atoms with E-state index < -0.39 is 0 Å². The SMILES string of the molecule is CC(C)c1csc(-c2nccn2C2COC3(CCNCC3)C2)n1.Cl. The van der Waals surface area contributed by atoms with E-state index in [1.165, 1.54) is 0 Å². The van der Waals surface area contributed by atoms with Crippen molar-refractivity contribution >= 4 is 23.7 Å². The summed E-state index contributed by atoms with van der Waals surface area (Å²) in [4.78, 5) is 9.35. The number of imidazole rings is 1. The summed E-state index contributed by atoms with van der Waals surface area (Å²) in [7, 11) is 0. The lowest BCUT2D eigenvalue weighted by Crippen LogP contribution is -2.41. The predicted molar refractivity (Wildman–Crippen MR) is 99.1 cm³/mol. The molecule has 0 saturated carbocycles. The van der Waals surface area contributed by atoms with Gasteiger partial charge in [0.1, 0.15) is 0 Å². The number of piperidine rings is 1. The van der Waals surface area contributed by atoms with Crippen molar-refractivity contribution < 1.29 is 4.74 Å². The minimum atomic E-state index is 0. The van der Waals surface area contributed by atoms with Gasteiger partial charge in [-0.2, -0.15) is 0 Å². The van der Waals surface area contributed by atoms with Crippen molar-refractivity contribution in [2.24, 2.45) is 0 Å². The molecular formula is C17H25ClN4OS. The number of ether oxygens (including phenoxy) is 1. The van der Waals surface area contributed by atoms with E-state index in [2.05, 4.69) is 40.3 Å². The van der Waals surface area contributed by atoms with Gasteiger partial charge in [0.2, 0.25) is 0 Å². The van der Waals surface area contributed by atoms with Crippen LogP contribution >= 0.6 is 23.7 Å². The van der Waals surface area contributed by atoms with Crippen LogP contribution in [0.4, 0.5) is 0 Å². The average molecular weight is 369 g/mol. The van der Waals surface area contributed by atoms with Crippen molar-refractivity contribution in [1.82, 2.24) is 19.9 Å². The second kappa shape index (κ2) is 7.12. The van der Waals surface area contributed by atoms with E-state index in [9.17, 15) is 0 Å². The fourth-order valence-electron chi connectivity index (χ4n) is 3.66. The minimum absolute atomic E-state index is 0. The molecule has 2 aromatic rings. The number of nitrogens with zero attached hydrogens (tertiary/aromatic N) is 3. The van der Waals surface area contributed by atoms with Crippen LogP contribution in [0.15, 0.2) is 17.8 Å². The summed E-state index contributed by atoms with van der Waals surface area (Å²) in [6, 6.07) is 0.372. The first-order valence-electron chi connectivity index (χ1n) is 8.50. The van der Waals surface area contributed by atoms with E-state index in [-0.39, 0.29) is 18.0 Å². The van der Waals surface area contributed by atoms with Crippen molar-refractivity contribution in [1.29, 1.82) is 0 Å². The third kappa shape index (κ3) is 3.25. The summed E-state index contributed by atoms with van der Waals surface area (Å²) in [5.41, 5.74) is 1.22. The Morgan fingerprint density at radius 3 is 2.88 bits per heavy atom. The Morgan fingerprint density at radius 2 is 2.17 bits per heavy atom. The first-order chi connectivity index (χ1) is 11.2. The highest BCUT2D eigenvalue weighted by molar-refractivity contribution is 7.13. The fraction of sp³-hybridized carbons (Fsp3) is 0.647. The molecule has 2 aromatic heterocycles. The molecule has 5 nitrogen and oxygen atoms in total. The van der Waals surface area contributed by atoms with Gasteiger partial charge >= 0.3 is 0 Å². The largest absolute Gasteiger partial charge is 0.373 e. The first-order valence-corrected chi connectivity index (χ1v) is 9.38. The molecule has 0 bridgehead atoms. The van der Waals surface area contributed by atoms with Gasteiger partial charge in [0, 0.05) is 17.8 Å². The van der Waals surface area contributed by atoms with Gasteiger partial charge in [-0.3, -0.25) is 0 Å². The molecule has 2 aliphatic heterocycles. The Labute approximate surface area is 153 Å². The van der Waals surface area contributed by atoms with Crippen LogP contribution in [0.5, 0.6) is 0 Å². The second-order valence-electron chi connectivity index (χ2n) is 6.99. The summed E-state index contributed by atoms with van der Waals surface area (Å²) in [5, 5.41) is 6.60. The average Bonchev–Trinajstić information content (AvgIpc) is 3.26. The maximum atomic E-state index is 6.25. The quantitative estimate of drug-likeness (QED) is 0.898. The summed E-state index contributed by atoms with van der Waals surface area (Å²) in [6.45, 7) is 7.27. The zero-order chi connectivity index (χ0) is 15.9. The fourth-order valence-corrected chi connectivity index (χ4v) is 4.64. The maximum Gasteiger partial charge on any atom is 0.169 e. The number of hydrogen-bond donors (Lipinski definition) is 1. The lowest BCUT2D eigenvalue weighted by molar-refractivity contribution is -0.0195. The highest BCUT2D eigenvalue weighted by atomic mass is 35.5. The van der Waals surface area contributed by atoms with Gasteiger partial charge < -0.3 is 14.6 Å². The van der Waals surface area contributed by atoms with Crippen LogP contribution < -0.4 is 5.32 Å². The third-order valence-corrected chi connectivity index (χ3v) is 5.93. The molecule has 24 heavy (non-hydrogen) atoms. The number of halogens is 1. The van der Waals surface area contributed by atoms with Crippen LogP contribution in [0.1, 0.15) is 50.8 Å². The first kappa shape index (κ1) is 17.9. The molecule has 2 saturated heterocycles. The third-order valence-electron chi connectivity index (χ3n) is 5.07. The van der Waals surface area contributed by atoms with Gasteiger partial charge in [-0.15, -0.1) is 23.7 Å².